The Hall–Kier alpha value is -1.67. The molecule has 2 N–H and O–H groups in total. The maximum absolute atomic E-state index is 11.9. The highest BCUT2D eigenvalue weighted by Crippen LogP contribution is 2.09. The zero-order valence-electron chi connectivity index (χ0n) is 9.54. The largest absolute Gasteiger partial charge is 0.480 e. The molecule has 1 aliphatic heterocycles. The molecule has 0 bridgehead atoms. The first-order chi connectivity index (χ1) is 8.68. The second kappa shape index (κ2) is 5.78. The molecule has 8 heteroatoms. The van der Waals surface area contributed by atoms with Crippen LogP contribution in [-0.2, 0) is 16.1 Å². The van der Waals surface area contributed by atoms with E-state index in [-0.39, 0.29) is 19.2 Å². The lowest BCUT2D eigenvalue weighted by Crippen LogP contribution is -2.55. The first kappa shape index (κ1) is 12.8. The van der Waals surface area contributed by atoms with Gasteiger partial charge in [-0.2, -0.15) is 0 Å². The van der Waals surface area contributed by atoms with E-state index in [1.54, 1.807) is 11.7 Å². The highest BCUT2D eigenvalue weighted by atomic mass is 32.1. The second-order valence-corrected chi connectivity index (χ2v) is 4.72. The number of carboxylic acids is 1. The summed E-state index contributed by atoms with van der Waals surface area (Å²) in [7, 11) is 0. The fourth-order valence-electron chi connectivity index (χ4n) is 1.65. The minimum absolute atomic E-state index is 0.0311. The number of urea groups is 1. The number of hydrogen-bond acceptors (Lipinski definition) is 5. The van der Waals surface area contributed by atoms with Gasteiger partial charge in [0.15, 0.2) is 6.04 Å². The molecule has 1 fully saturated rings. The van der Waals surface area contributed by atoms with E-state index in [1.165, 1.54) is 16.2 Å². The minimum Gasteiger partial charge on any atom is -0.480 e. The van der Waals surface area contributed by atoms with Crippen molar-refractivity contribution in [2.45, 2.75) is 12.6 Å². The lowest BCUT2D eigenvalue weighted by Gasteiger charge is -2.32. The molecular formula is C10H13N3O4S. The van der Waals surface area contributed by atoms with Gasteiger partial charge in [0.2, 0.25) is 0 Å². The number of ether oxygens (including phenoxy) is 1. The van der Waals surface area contributed by atoms with Gasteiger partial charge in [-0.05, 0) is 0 Å². The molecule has 1 aromatic heterocycles. The fourth-order valence-corrected chi connectivity index (χ4v) is 2.18. The van der Waals surface area contributed by atoms with Crippen molar-refractivity contribution in [3.8, 4) is 0 Å². The van der Waals surface area contributed by atoms with Crippen molar-refractivity contribution in [2.75, 3.05) is 19.8 Å². The van der Waals surface area contributed by atoms with Crippen molar-refractivity contribution in [3.05, 3.63) is 16.6 Å². The van der Waals surface area contributed by atoms with E-state index in [2.05, 4.69) is 10.3 Å². The molecule has 1 unspecified atom stereocenters. The summed E-state index contributed by atoms with van der Waals surface area (Å²) in [4.78, 5) is 29.0. The van der Waals surface area contributed by atoms with Gasteiger partial charge in [-0.1, -0.05) is 0 Å². The van der Waals surface area contributed by atoms with Gasteiger partial charge in [0.05, 0.1) is 25.3 Å². The van der Waals surface area contributed by atoms with Gasteiger partial charge in [0.1, 0.15) is 0 Å². The Balaban J connectivity index is 1.92. The standard InChI is InChI=1S/C10H13N3O4S/c14-9(15)8-5-17-2-1-13(8)10(16)12-4-7-3-11-6-18-7/h3,6,8H,1-2,4-5H2,(H,12,16)(H,14,15). The molecule has 1 aromatic rings. The van der Waals surface area contributed by atoms with E-state index in [1.807, 2.05) is 0 Å². The quantitative estimate of drug-likeness (QED) is 0.815. The maximum Gasteiger partial charge on any atom is 0.328 e. The highest BCUT2D eigenvalue weighted by Gasteiger charge is 2.32. The molecule has 1 aliphatic rings. The van der Waals surface area contributed by atoms with Crippen LogP contribution in [0.4, 0.5) is 4.79 Å². The number of rotatable bonds is 3. The molecule has 18 heavy (non-hydrogen) atoms. The first-order valence-corrected chi connectivity index (χ1v) is 6.29. The van der Waals surface area contributed by atoms with Crippen molar-refractivity contribution in [1.29, 1.82) is 0 Å². The Morgan fingerprint density at radius 1 is 1.67 bits per heavy atom. The number of nitrogens with zero attached hydrogens (tertiary/aromatic N) is 2. The summed E-state index contributed by atoms with van der Waals surface area (Å²) in [6.07, 6.45) is 1.67. The first-order valence-electron chi connectivity index (χ1n) is 5.41. The number of carboxylic acid groups (broad SMARTS) is 1. The van der Waals surface area contributed by atoms with Crippen LogP contribution in [0.25, 0.3) is 0 Å². The highest BCUT2D eigenvalue weighted by molar-refractivity contribution is 7.09. The molecule has 1 atom stereocenters. The topological polar surface area (TPSA) is 91.8 Å². The molecule has 0 aliphatic carbocycles. The predicted molar refractivity (Wildman–Crippen MR) is 63.3 cm³/mol. The van der Waals surface area contributed by atoms with Crippen LogP contribution in [0, 0.1) is 0 Å². The average Bonchev–Trinajstić information content (AvgIpc) is 2.89. The monoisotopic (exact) mass is 271 g/mol. The molecule has 0 aromatic carbocycles. The Morgan fingerprint density at radius 2 is 2.50 bits per heavy atom. The Kier molecular flexibility index (Phi) is 4.11. The Morgan fingerprint density at radius 3 is 3.17 bits per heavy atom. The molecule has 7 nitrogen and oxygen atoms in total. The van der Waals surface area contributed by atoms with E-state index in [0.29, 0.717) is 13.2 Å². The number of hydrogen-bond donors (Lipinski definition) is 2. The van der Waals surface area contributed by atoms with E-state index in [4.69, 9.17) is 9.84 Å². The Bertz CT molecular complexity index is 423. The van der Waals surface area contributed by atoms with E-state index in [0.717, 1.165) is 4.88 Å². The van der Waals surface area contributed by atoms with E-state index >= 15 is 0 Å². The molecule has 2 amide bonds. The average molecular weight is 271 g/mol. The number of aliphatic carboxylic acids is 1. The van der Waals surface area contributed by atoms with Crippen molar-refractivity contribution in [2.24, 2.45) is 0 Å². The van der Waals surface area contributed by atoms with Gasteiger partial charge in [0, 0.05) is 17.6 Å². The summed E-state index contributed by atoms with van der Waals surface area (Å²) in [5, 5.41) is 11.7. The number of aromatic nitrogens is 1. The van der Waals surface area contributed by atoms with Crippen LogP contribution in [-0.4, -0.2) is 52.8 Å². The minimum atomic E-state index is -1.05. The van der Waals surface area contributed by atoms with Gasteiger partial charge < -0.3 is 20.1 Å². The van der Waals surface area contributed by atoms with Crippen molar-refractivity contribution in [1.82, 2.24) is 15.2 Å². The second-order valence-electron chi connectivity index (χ2n) is 3.75. The molecule has 2 heterocycles. The third kappa shape index (κ3) is 2.96. The van der Waals surface area contributed by atoms with Gasteiger partial charge in [0.25, 0.3) is 0 Å². The van der Waals surface area contributed by atoms with Crippen LogP contribution in [0.5, 0.6) is 0 Å². The lowest BCUT2D eigenvalue weighted by molar-refractivity contribution is -0.147. The molecule has 2 rings (SSSR count). The van der Waals surface area contributed by atoms with Crippen LogP contribution < -0.4 is 5.32 Å². The van der Waals surface area contributed by atoms with Crippen molar-refractivity contribution >= 4 is 23.3 Å². The summed E-state index contributed by atoms with van der Waals surface area (Å²) in [5.41, 5.74) is 1.68. The summed E-state index contributed by atoms with van der Waals surface area (Å²) in [6, 6.07) is -1.31. The molecule has 1 saturated heterocycles. The number of morpholine rings is 1. The lowest BCUT2D eigenvalue weighted by atomic mass is 10.2. The smallest absolute Gasteiger partial charge is 0.328 e. The summed E-state index contributed by atoms with van der Waals surface area (Å²) >= 11 is 1.43. The summed E-state index contributed by atoms with van der Waals surface area (Å²) in [5.74, 6) is -1.05. The molecule has 0 spiro atoms. The van der Waals surface area contributed by atoms with E-state index in [9.17, 15) is 9.59 Å². The van der Waals surface area contributed by atoms with Gasteiger partial charge in [-0.25, -0.2) is 9.59 Å². The predicted octanol–water partition coefficient (Wildman–Crippen LogP) is 0.138. The third-order valence-electron chi connectivity index (χ3n) is 2.57. The van der Waals surface area contributed by atoms with Crippen LogP contribution in [0.2, 0.25) is 0 Å². The zero-order valence-corrected chi connectivity index (χ0v) is 10.4. The van der Waals surface area contributed by atoms with Crippen molar-refractivity contribution in [3.63, 3.8) is 0 Å². The van der Waals surface area contributed by atoms with Crippen molar-refractivity contribution < 1.29 is 19.4 Å². The molecule has 0 saturated carbocycles. The van der Waals surface area contributed by atoms with Gasteiger partial charge in [-0.15, -0.1) is 11.3 Å². The maximum atomic E-state index is 11.9. The third-order valence-corrected chi connectivity index (χ3v) is 3.35. The van der Waals surface area contributed by atoms with Gasteiger partial charge in [-0.3, -0.25) is 4.98 Å². The van der Waals surface area contributed by atoms with Crippen LogP contribution >= 0.6 is 11.3 Å². The Labute approximate surface area is 107 Å². The van der Waals surface area contributed by atoms with Gasteiger partial charge >= 0.3 is 12.0 Å². The molecule has 0 radical (unpaired) electrons. The van der Waals surface area contributed by atoms with E-state index < -0.39 is 12.0 Å². The zero-order chi connectivity index (χ0) is 13.0. The molecular weight excluding hydrogens is 258 g/mol. The SMILES string of the molecule is O=C(O)C1COCCN1C(=O)NCc1cncs1. The fraction of sp³-hybridized carbons (Fsp3) is 0.500. The number of carbonyl (C=O) groups is 2. The number of thiazole rings is 1. The number of amides is 2. The number of nitrogens with one attached hydrogen (secondary N) is 1. The summed E-state index contributed by atoms with van der Waals surface area (Å²) in [6.45, 7) is 1.03. The normalized spacial score (nSPS) is 19.6. The van der Waals surface area contributed by atoms with Crippen LogP contribution in [0.1, 0.15) is 4.88 Å². The number of carbonyl (C=O) groups excluding carboxylic acids is 1. The summed E-state index contributed by atoms with van der Waals surface area (Å²) < 4.78 is 5.06. The van der Waals surface area contributed by atoms with Crippen LogP contribution in [0.3, 0.4) is 0 Å². The van der Waals surface area contributed by atoms with Crippen LogP contribution in [0.15, 0.2) is 11.7 Å². The molecule has 98 valence electrons.